The fraction of sp³-hybridized carbons (Fsp3) is 0.364. The Labute approximate surface area is 104 Å². The molecule has 0 aromatic heterocycles. The van der Waals surface area contributed by atoms with Crippen LogP contribution >= 0.6 is 11.6 Å². The van der Waals surface area contributed by atoms with Crippen molar-refractivity contribution in [2.75, 3.05) is 17.6 Å². The Balaban J connectivity index is 2.83. The number of carbonyl (C=O) groups is 1. The molecule has 0 aliphatic rings. The van der Waals surface area contributed by atoms with Gasteiger partial charge in [0.1, 0.15) is 5.82 Å². The van der Waals surface area contributed by atoms with Crippen molar-refractivity contribution in [3.8, 4) is 0 Å². The highest BCUT2D eigenvalue weighted by molar-refractivity contribution is 6.31. The number of amides is 1. The Morgan fingerprint density at radius 3 is 2.65 bits per heavy atom. The zero-order valence-corrected chi connectivity index (χ0v) is 10.4. The maximum atomic E-state index is 13.0. The van der Waals surface area contributed by atoms with E-state index in [1.165, 1.54) is 6.07 Å². The summed E-state index contributed by atoms with van der Waals surface area (Å²) in [5, 5.41) is 2.90. The van der Waals surface area contributed by atoms with Gasteiger partial charge in [0.2, 0.25) is 5.91 Å². The molecule has 1 rings (SSSR count). The molecule has 0 unspecified atom stereocenters. The van der Waals surface area contributed by atoms with Crippen molar-refractivity contribution in [1.29, 1.82) is 0 Å². The summed E-state index contributed by atoms with van der Waals surface area (Å²) in [6.45, 7) is 3.68. The lowest BCUT2D eigenvalue weighted by molar-refractivity contribution is -0.125. The number of nitrogens with two attached hydrogens (primary N) is 2. The second kappa shape index (κ2) is 4.79. The van der Waals surface area contributed by atoms with Gasteiger partial charge in [-0.2, -0.15) is 0 Å². The van der Waals surface area contributed by atoms with Gasteiger partial charge in [0.25, 0.3) is 0 Å². The summed E-state index contributed by atoms with van der Waals surface area (Å²) in [6.07, 6.45) is 0. The Bertz CT molecular complexity index is 449. The molecule has 1 aromatic carbocycles. The van der Waals surface area contributed by atoms with E-state index in [1.54, 1.807) is 13.8 Å². The van der Waals surface area contributed by atoms with Gasteiger partial charge in [-0.15, -0.1) is 0 Å². The highest BCUT2D eigenvalue weighted by Gasteiger charge is 2.24. The van der Waals surface area contributed by atoms with Gasteiger partial charge in [0.15, 0.2) is 0 Å². The third-order valence-corrected chi connectivity index (χ3v) is 2.77. The van der Waals surface area contributed by atoms with Crippen molar-refractivity contribution in [1.82, 2.24) is 0 Å². The summed E-state index contributed by atoms with van der Waals surface area (Å²) in [5.41, 5.74) is 10.8. The maximum Gasteiger partial charge on any atom is 0.224 e. The molecule has 5 N–H and O–H groups in total. The van der Waals surface area contributed by atoms with E-state index >= 15 is 0 Å². The molecule has 0 fully saturated rings. The number of halogens is 2. The molecule has 17 heavy (non-hydrogen) atoms. The van der Waals surface area contributed by atoms with E-state index in [-0.39, 0.29) is 17.3 Å². The van der Waals surface area contributed by atoms with Gasteiger partial charge < -0.3 is 16.8 Å². The summed E-state index contributed by atoms with van der Waals surface area (Å²) in [6, 6.07) is 2.51. The fourth-order valence-corrected chi connectivity index (χ4v) is 1.28. The van der Waals surface area contributed by atoms with Gasteiger partial charge in [-0.3, -0.25) is 4.79 Å². The van der Waals surface area contributed by atoms with E-state index in [2.05, 4.69) is 5.32 Å². The molecular weight excluding hydrogens is 245 g/mol. The fourth-order valence-electron chi connectivity index (χ4n) is 1.12. The number of hydrogen-bond acceptors (Lipinski definition) is 3. The quantitative estimate of drug-likeness (QED) is 0.723. The van der Waals surface area contributed by atoms with E-state index in [0.29, 0.717) is 5.69 Å². The molecule has 0 aliphatic carbocycles. The summed E-state index contributed by atoms with van der Waals surface area (Å²) in [5.74, 6) is -1.01. The van der Waals surface area contributed by atoms with Crippen LogP contribution < -0.4 is 16.8 Å². The van der Waals surface area contributed by atoms with Crippen molar-refractivity contribution in [2.45, 2.75) is 13.8 Å². The van der Waals surface area contributed by atoms with Crippen LogP contribution in [0, 0.1) is 11.2 Å². The average Bonchev–Trinajstić information content (AvgIpc) is 2.21. The standard InChI is InChI=1S/C11H15ClFN3O/c1-11(2,10(15)17)5-16-9-3-6(12)7(13)4-8(9)14/h3-4,16H,5,14H2,1-2H3,(H2,15,17). The van der Waals surface area contributed by atoms with Crippen molar-refractivity contribution >= 4 is 28.9 Å². The third kappa shape index (κ3) is 3.23. The van der Waals surface area contributed by atoms with Crippen LogP contribution in [0.5, 0.6) is 0 Å². The lowest BCUT2D eigenvalue weighted by Gasteiger charge is -2.22. The molecule has 0 radical (unpaired) electrons. The molecule has 0 aliphatic heterocycles. The lowest BCUT2D eigenvalue weighted by Crippen LogP contribution is -2.37. The predicted molar refractivity (Wildman–Crippen MR) is 67.3 cm³/mol. The number of primary amides is 1. The van der Waals surface area contributed by atoms with Crippen molar-refractivity contribution in [3.05, 3.63) is 23.0 Å². The first-order valence-corrected chi connectivity index (χ1v) is 5.40. The molecule has 0 saturated carbocycles. The molecule has 1 amide bonds. The molecule has 1 aromatic rings. The van der Waals surface area contributed by atoms with Crippen LogP contribution in [-0.4, -0.2) is 12.5 Å². The summed E-state index contributed by atoms with van der Waals surface area (Å²) in [4.78, 5) is 11.1. The van der Waals surface area contributed by atoms with Crippen LogP contribution in [0.25, 0.3) is 0 Å². The molecule has 94 valence electrons. The average molecular weight is 260 g/mol. The number of nitrogens with one attached hydrogen (secondary N) is 1. The maximum absolute atomic E-state index is 13.0. The highest BCUT2D eigenvalue weighted by Crippen LogP contribution is 2.27. The zero-order chi connectivity index (χ0) is 13.2. The van der Waals surface area contributed by atoms with Crippen LogP contribution in [0.4, 0.5) is 15.8 Å². The van der Waals surface area contributed by atoms with E-state index in [9.17, 15) is 9.18 Å². The Morgan fingerprint density at radius 2 is 2.12 bits per heavy atom. The number of nitrogen functional groups attached to an aromatic ring is 1. The van der Waals surface area contributed by atoms with E-state index < -0.39 is 17.1 Å². The normalized spacial score (nSPS) is 11.3. The van der Waals surface area contributed by atoms with Crippen molar-refractivity contribution < 1.29 is 9.18 Å². The van der Waals surface area contributed by atoms with E-state index in [4.69, 9.17) is 23.1 Å². The zero-order valence-electron chi connectivity index (χ0n) is 9.68. The number of carbonyl (C=O) groups excluding carboxylic acids is 1. The molecule has 0 bridgehead atoms. The Morgan fingerprint density at radius 1 is 1.53 bits per heavy atom. The summed E-state index contributed by atoms with van der Waals surface area (Å²) >= 11 is 5.64. The number of hydrogen-bond donors (Lipinski definition) is 3. The van der Waals surface area contributed by atoms with Crippen molar-refractivity contribution in [2.24, 2.45) is 11.1 Å². The molecule has 0 spiro atoms. The van der Waals surface area contributed by atoms with Crippen LogP contribution in [0.15, 0.2) is 12.1 Å². The van der Waals surface area contributed by atoms with Crippen LogP contribution in [0.1, 0.15) is 13.8 Å². The second-order valence-corrected chi connectivity index (χ2v) is 4.86. The van der Waals surface area contributed by atoms with Gasteiger partial charge in [-0.25, -0.2) is 4.39 Å². The van der Waals surface area contributed by atoms with E-state index in [1.807, 2.05) is 0 Å². The molecule has 4 nitrogen and oxygen atoms in total. The number of anilines is 2. The van der Waals surface area contributed by atoms with Gasteiger partial charge in [0.05, 0.1) is 21.8 Å². The Kier molecular flexibility index (Phi) is 3.83. The van der Waals surface area contributed by atoms with Gasteiger partial charge in [-0.1, -0.05) is 11.6 Å². The second-order valence-electron chi connectivity index (χ2n) is 4.46. The molecular formula is C11H15ClFN3O. The smallest absolute Gasteiger partial charge is 0.224 e. The van der Waals surface area contributed by atoms with Crippen molar-refractivity contribution in [3.63, 3.8) is 0 Å². The van der Waals surface area contributed by atoms with Gasteiger partial charge in [-0.05, 0) is 19.9 Å². The highest BCUT2D eigenvalue weighted by atomic mass is 35.5. The van der Waals surface area contributed by atoms with Crippen LogP contribution in [0.2, 0.25) is 5.02 Å². The first-order chi connectivity index (χ1) is 7.74. The summed E-state index contributed by atoms with van der Waals surface area (Å²) in [7, 11) is 0. The molecule has 0 atom stereocenters. The largest absolute Gasteiger partial charge is 0.397 e. The molecule has 0 heterocycles. The topological polar surface area (TPSA) is 81.1 Å². The molecule has 6 heteroatoms. The van der Waals surface area contributed by atoms with Crippen LogP contribution in [-0.2, 0) is 4.79 Å². The predicted octanol–water partition coefficient (Wildman–Crippen LogP) is 1.98. The first-order valence-electron chi connectivity index (χ1n) is 5.02. The minimum Gasteiger partial charge on any atom is -0.397 e. The van der Waals surface area contributed by atoms with Gasteiger partial charge in [0, 0.05) is 12.6 Å². The lowest BCUT2D eigenvalue weighted by atomic mass is 9.92. The molecule has 0 saturated heterocycles. The summed E-state index contributed by atoms with van der Waals surface area (Å²) < 4.78 is 13.0. The van der Waals surface area contributed by atoms with Gasteiger partial charge >= 0.3 is 0 Å². The minimum absolute atomic E-state index is 0.0291. The minimum atomic E-state index is -0.729. The Hall–Kier alpha value is -1.49. The number of benzene rings is 1. The number of rotatable bonds is 4. The van der Waals surface area contributed by atoms with Crippen LogP contribution in [0.3, 0.4) is 0 Å². The SMILES string of the molecule is CC(C)(CNc1cc(Cl)c(F)cc1N)C(N)=O. The monoisotopic (exact) mass is 259 g/mol. The van der Waals surface area contributed by atoms with E-state index in [0.717, 1.165) is 6.07 Å². The first kappa shape index (κ1) is 13.6. The third-order valence-electron chi connectivity index (χ3n) is 2.48.